The molecule has 3 N–H and O–H groups in total. The van der Waals surface area contributed by atoms with Crippen LogP contribution in [0, 0.1) is 35.5 Å². The van der Waals surface area contributed by atoms with Crippen molar-refractivity contribution in [3.63, 3.8) is 0 Å². The predicted octanol–water partition coefficient (Wildman–Crippen LogP) is 8.82. The molecular formula is C37H53NO3PPdS. The fraction of sp³-hybridized carbons (Fsp3) is 0.676. The molecule has 0 aliphatic heterocycles. The average Bonchev–Trinajstić information content (AvgIpc) is 2.92. The van der Waals surface area contributed by atoms with Crippen LogP contribution >= 0.6 is 7.92 Å². The normalized spacial score (nSPS) is 36.7. The topological polar surface area (TPSA) is 80.4 Å². The molecule has 0 amide bonds. The standard InChI is InChI=1S/C24H39P.C12H10N.CH4O3S.Pd/c1-2-3-4-25(23-11-17-5-18(12-23)7-19(6-17)13-23)24-14-20-8-21(15-24)10-22(9-20)16-24;13-12-9-5-4-8-11(12)10-6-2-1-3-7-10;1-5(2,3)4;/h17-22H,2-16H2,1H3;1-6,8-9H,13H2;1H3,(H,2,3,4);/t17-,18-,19-,20-,21-,22-,23?,24?,25?;;;. The Balaban J connectivity index is 0.000000153. The van der Waals surface area contributed by atoms with Gasteiger partial charge >= 0.3 is 94.3 Å². The second-order valence-electron chi connectivity index (χ2n) is 15.6. The van der Waals surface area contributed by atoms with Crippen LogP contribution < -0.4 is 9.77 Å². The number of nitrogen functional groups attached to an aromatic ring is 1. The van der Waals surface area contributed by atoms with Gasteiger partial charge in [0.25, 0.3) is 10.1 Å². The van der Waals surface area contributed by atoms with E-state index in [1.165, 1.54) is 6.42 Å². The van der Waals surface area contributed by atoms with Gasteiger partial charge in [-0.1, -0.05) is 21.3 Å². The first-order chi connectivity index (χ1) is 21.0. The maximum absolute atomic E-state index is 9.19. The Bertz CT molecular complexity index is 1240. The summed E-state index contributed by atoms with van der Waals surface area (Å²) in [6.45, 7) is 2.45. The summed E-state index contributed by atoms with van der Waals surface area (Å²) in [5.74, 6) is 6.95. The molecule has 8 fully saturated rings. The Labute approximate surface area is 279 Å². The number of benzene rings is 2. The number of rotatable bonds is 6. The van der Waals surface area contributed by atoms with Gasteiger partial charge in [-0.25, -0.2) is 0 Å². The minimum atomic E-state index is -3.67. The predicted molar refractivity (Wildman–Crippen MR) is 182 cm³/mol. The Morgan fingerprint density at radius 3 is 1.48 bits per heavy atom. The molecule has 4 nitrogen and oxygen atoms in total. The number of unbranched alkanes of at least 4 members (excludes halogenated alkanes) is 1. The molecule has 8 aliphatic carbocycles. The van der Waals surface area contributed by atoms with Crippen LogP contribution in [0.3, 0.4) is 0 Å². The van der Waals surface area contributed by atoms with Gasteiger partial charge in [0.1, 0.15) is 0 Å². The van der Waals surface area contributed by atoms with E-state index in [0.29, 0.717) is 6.26 Å². The fourth-order valence-corrected chi connectivity index (χ4v) is 17.4. The number of hydrogen-bond donors (Lipinski definition) is 2. The van der Waals surface area contributed by atoms with E-state index in [4.69, 9.17) is 10.3 Å². The van der Waals surface area contributed by atoms with Crippen LogP contribution in [0.1, 0.15) is 96.8 Å². The van der Waals surface area contributed by atoms with Gasteiger partial charge in [-0.3, -0.25) is 4.55 Å². The molecular weight excluding hydrogens is 676 g/mol. The number of anilines is 1. The van der Waals surface area contributed by atoms with E-state index in [1.54, 1.807) is 89.6 Å². The van der Waals surface area contributed by atoms with Gasteiger partial charge in [0.15, 0.2) is 0 Å². The van der Waals surface area contributed by atoms with Crippen LogP contribution in [0.4, 0.5) is 5.69 Å². The van der Waals surface area contributed by atoms with E-state index in [2.05, 4.69) is 32.2 Å². The van der Waals surface area contributed by atoms with Crippen molar-refractivity contribution in [3.05, 3.63) is 48.5 Å². The van der Waals surface area contributed by atoms with Crippen molar-refractivity contribution in [2.24, 2.45) is 35.5 Å². The van der Waals surface area contributed by atoms with Crippen molar-refractivity contribution < 1.29 is 32.2 Å². The summed E-state index contributed by atoms with van der Waals surface area (Å²) in [6.07, 6.45) is 25.3. The quantitative estimate of drug-likeness (QED) is 0.135. The summed E-state index contributed by atoms with van der Waals surface area (Å²) in [5.41, 5.74) is 8.94. The molecule has 0 heterocycles. The zero-order chi connectivity index (χ0) is 31.1. The van der Waals surface area contributed by atoms with E-state index < -0.39 is 10.1 Å². The van der Waals surface area contributed by atoms with Gasteiger partial charge in [-0.05, 0) is 135 Å². The van der Waals surface area contributed by atoms with Crippen LogP contribution in [0.2, 0.25) is 0 Å². The molecule has 8 saturated carbocycles. The summed E-state index contributed by atoms with van der Waals surface area (Å²) in [6, 6.07) is 16.0. The first-order valence-corrected chi connectivity index (χ1v) is 21.4. The molecule has 245 valence electrons. The van der Waals surface area contributed by atoms with Crippen molar-refractivity contribution >= 4 is 27.8 Å². The van der Waals surface area contributed by atoms with Crippen molar-refractivity contribution in [2.75, 3.05) is 18.2 Å². The number of para-hydroxylation sites is 1. The van der Waals surface area contributed by atoms with Gasteiger partial charge in [-0.2, -0.15) is 8.42 Å². The van der Waals surface area contributed by atoms with E-state index in [-0.39, 0.29) is 7.92 Å². The summed E-state index contributed by atoms with van der Waals surface area (Å²) in [5, 5.41) is 1.76. The Morgan fingerprint density at radius 1 is 0.750 bits per heavy atom. The van der Waals surface area contributed by atoms with Gasteiger partial charge in [-0.15, -0.1) is 0 Å². The van der Waals surface area contributed by atoms with Gasteiger partial charge in [0.2, 0.25) is 0 Å². The summed E-state index contributed by atoms with van der Waals surface area (Å²) in [4.78, 5) is 0. The summed E-state index contributed by atoms with van der Waals surface area (Å²) < 4.78 is 27.0. The van der Waals surface area contributed by atoms with Crippen LogP contribution in [0.25, 0.3) is 11.1 Å². The molecule has 2 aromatic rings. The molecule has 10 rings (SSSR count). The van der Waals surface area contributed by atoms with Gasteiger partial charge in [0, 0.05) is 0 Å². The first-order valence-electron chi connectivity index (χ1n) is 17.2. The Morgan fingerprint density at radius 2 is 1.11 bits per heavy atom. The van der Waals surface area contributed by atoms with Gasteiger partial charge < -0.3 is 0 Å². The zero-order valence-electron chi connectivity index (χ0n) is 26.7. The second kappa shape index (κ2) is 13.4. The SMILES string of the molecule is CCCCP(C12C[C@H]3C[C@H](C1)C[C@@H](C2)C3)C12C[C@H]3C[C@H](C1)C[C@@H](C2)C3.CS(=O)(=O)O.Nc1ccccc1-c1cccc[c]1[Pd]. The van der Waals surface area contributed by atoms with Crippen molar-refractivity contribution in [3.8, 4) is 11.1 Å². The molecule has 2 aromatic carbocycles. The Hall–Kier alpha value is -0.758. The van der Waals surface area contributed by atoms with E-state index >= 15 is 0 Å². The summed E-state index contributed by atoms with van der Waals surface area (Å²) >= 11 is 3.23. The molecule has 0 unspecified atom stereocenters. The van der Waals surface area contributed by atoms with Crippen LogP contribution in [0.5, 0.6) is 0 Å². The molecule has 0 radical (unpaired) electrons. The monoisotopic (exact) mass is 728 g/mol. The third-order valence-electron chi connectivity index (χ3n) is 12.0. The number of hydrogen-bond acceptors (Lipinski definition) is 3. The van der Waals surface area contributed by atoms with Crippen LogP contribution in [0.15, 0.2) is 48.5 Å². The molecule has 0 atom stereocenters. The second-order valence-corrected chi connectivity index (χ2v) is 21.1. The molecule has 44 heavy (non-hydrogen) atoms. The van der Waals surface area contributed by atoms with Crippen LogP contribution in [-0.4, -0.2) is 35.7 Å². The van der Waals surface area contributed by atoms with Crippen molar-refractivity contribution in [1.82, 2.24) is 0 Å². The molecule has 0 aromatic heterocycles. The van der Waals surface area contributed by atoms with Gasteiger partial charge in [0.05, 0.1) is 6.26 Å². The molecule has 7 heteroatoms. The Kier molecular flexibility index (Phi) is 10.1. The third kappa shape index (κ3) is 7.36. The summed E-state index contributed by atoms with van der Waals surface area (Å²) in [7, 11) is -3.38. The third-order valence-corrected chi connectivity index (χ3v) is 16.8. The molecule has 0 saturated heterocycles. The van der Waals surface area contributed by atoms with E-state index in [1.807, 2.05) is 42.5 Å². The zero-order valence-corrected chi connectivity index (χ0v) is 30.0. The molecule has 0 spiro atoms. The fourth-order valence-electron chi connectivity index (χ4n) is 11.5. The average molecular weight is 729 g/mol. The van der Waals surface area contributed by atoms with Crippen molar-refractivity contribution in [2.45, 2.75) is 107 Å². The van der Waals surface area contributed by atoms with Crippen molar-refractivity contribution in [1.29, 1.82) is 0 Å². The van der Waals surface area contributed by atoms with Crippen LogP contribution in [-0.2, 0) is 29.3 Å². The number of nitrogens with two attached hydrogens (primary N) is 1. The van der Waals surface area contributed by atoms with E-state index in [0.717, 1.165) is 66.7 Å². The molecule has 8 aliphatic rings. The minimum absolute atomic E-state index is 0.285. The van der Waals surface area contributed by atoms with E-state index in [9.17, 15) is 8.42 Å². The first kappa shape index (κ1) is 33.2. The maximum atomic E-state index is 9.19. The molecule has 8 bridgehead atoms.